The Labute approximate surface area is 71.9 Å². The maximum Gasteiger partial charge on any atom is 0.240 e. The maximum absolute atomic E-state index is 11.4. The first kappa shape index (κ1) is 9.01. The molecule has 0 aromatic heterocycles. The van der Waals surface area contributed by atoms with Crippen molar-refractivity contribution in [3.05, 3.63) is 0 Å². The number of nitrogens with zero attached hydrogens (tertiary/aromatic N) is 2. The molecule has 2 unspecified atom stereocenters. The van der Waals surface area contributed by atoms with Gasteiger partial charge in [0.05, 0.1) is 12.1 Å². The van der Waals surface area contributed by atoms with Crippen LogP contribution in [0.4, 0.5) is 0 Å². The molecule has 0 saturated carbocycles. The molecule has 0 aliphatic carbocycles. The number of carbonyl (C=O) groups excluding carboxylic acids is 1. The first-order chi connectivity index (χ1) is 5.66. The number of likely N-dealkylation sites (tertiary alicyclic amines) is 1. The average Bonchev–Trinajstić information content (AvgIpc) is 2.49. The molecule has 12 heavy (non-hydrogen) atoms. The van der Waals surface area contributed by atoms with Gasteiger partial charge in [-0.15, -0.1) is 0 Å². The molecule has 1 aliphatic heterocycles. The number of nitriles is 1. The van der Waals surface area contributed by atoms with E-state index in [0.717, 1.165) is 12.8 Å². The Balaban J connectivity index is 2.63. The standard InChI is InChI=1S/C8H13N3O/c1-6(10)8(12)11-4-2-3-7(11)5-9/h6-7H,2-4,10H2,1H3. The lowest BCUT2D eigenvalue weighted by Crippen LogP contribution is -2.44. The number of hydrogen-bond donors (Lipinski definition) is 1. The van der Waals surface area contributed by atoms with Crippen LogP contribution in [-0.2, 0) is 4.79 Å². The fourth-order valence-electron chi connectivity index (χ4n) is 1.43. The van der Waals surface area contributed by atoms with Gasteiger partial charge >= 0.3 is 0 Å². The molecule has 1 fully saturated rings. The lowest BCUT2D eigenvalue weighted by Gasteiger charge is -2.21. The minimum Gasteiger partial charge on any atom is -0.325 e. The zero-order chi connectivity index (χ0) is 9.14. The SMILES string of the molecule is CC(N)C(=O)N1CCCC1C#N. The first-order valence-electron chi connectivity index (χ1n) is 4.12. The lowest BCUT2D eigenvalue weighted by atomic mass is 10.2. The summed E-state index contributed by atoms with van der Waals surface area (Å²) in [6, 6.07) is 1.37. The highest BCUT2D eigenvalue weighted by atomic mass is 16.2. The molecule has 2 N–H and O–H groups in total. The van der Waals surface area contributed by atoms with E-state index in [1.165, 1.54) is 0 Å². The van der Waals surface area contributed by atoms with Crippen LogP contribution in [-0.4, -0.2) is 29.4 Å². The van der Waals surface area contributed by atoms with Crippen molar-refractivity contribution in [3.8, 4) is 6.07 Å². The first-order valence-corrected chi connectivity index (χ1v) is 4.12. The second kappa shape index (κ2) is 3.55. The van der Waals surface area contributed by atoms with Crippen molar-refractivity contribution >= 4 is 5.91 Å². The third-order valence-corrected chi connectivity index (χ3v) is 2.07. The van der Waals surface area contributed by atoms with E-state index in [-0.39, 0.29) is 11.9 Å². The Morgan fingerprint density at radius 1 is 1.83 bits per heavy atom. The molecule has 1 amide bonds. The third-order valence-electron chi connectivity index (χ3n) is 2.07. The Morgan fingerprint density at radius 2 is 2.50 bits per heavy atom. The molecule has 0 bridgehead atoms. The van der Waals surface area contributed by atoms with Crippen LogP contribution in [0.2, 0.25) is 0 Å². The molecule has 1 aliphatic rings. The molecule has 4 heteroatoms. The van der Waals surface area contributed by atoms with Gasteiger partial charge in [0, 0.05) is 6.54 Å². The summed E-state index contributed by atoms with van der Waals surface area (Å²) >= 11 is 0. The van der Waals surface area contributed by atoms with Crippen molar-refractivity contribution in [3.63, 3.8) is 0 Å². The van der Waals surface area contributed by atoms with Crippen molar-refractivity contribution in [2.75, 3.05) is 6.54 Å². The molecule has 0 aromatic rings. The summed E-state index contributed by atoms with van der Waals surface area (Å²) in [5, 5.41) is 8.68. The number of hydrogen-bond acceptors (Lipinski definition) is 3. The molecule has 1 saturated heterocycles. The average molecular weight is 167 g/mol. The Bertz CT molecular complexity index is 219. The van der Waals surface area contributed by atoms with Crippen molar-refractivity contribution in [2.24, 2.45) is 5.73 Å². The quantitative estimate of drug-likeness (QED) is 0.590. The lowest BCUT2D eigenvalue weighted by molar-refractivity contribution is -0.132. The van der Waals surface area contributed by atoms with Gasteiger partial charge in [-0.25, -0.2) is 0 Å². The molecule has 1 heterocycles. The fourth-order valence-corrected chi connectivity index (χ4v) is 1.43. The zero-order valence-corrected chi connectivity index (χ0v) is 7.16. The molecule has 0 aromatic carbocycles. The molecule has 2 atom stereocenters. The van der Waals surface area contributed by atoms with Gasteiger partial charge in [0.25, 0.3) is 0 Å². The zero-order valence-electron chi connectivity index (χ0n) is 7.16. The van der Waals surface area contributed by atoms with Crippen LogP contribution in [0.3, 0.4) is 0 Å². The van der Waals surface area contributed by atoms with Gasteiger partial charge in [-0.1, -0.05) is 0 Å². The largest absolute Gasteiger partial charge is 0.325 e. The molecule has 0 spiro atoms. The summed E-state index contributed by atoms with van der Waals surface area (Å²) in [5.41, 5.74) is 5.43. The molecular weight excluding hydrogens is 154 g/mol. The predicted molar refractivity (Wildman–Crippen MR) is 44.0 cm³/mol. The minimum atomic E-state index is -0.487. The van der Waals surface area contributed by atoms with E-state index in [1.807, 2.05) is 0 Å². The third kappa shape index (κ3) is 1.56. The summed E-state index contributed by atoms with van der Waals surface area (Å²) in [7, 11) is 0. The van der Waals surface area contributed by atoms with Crippen LogP contribution in [0.5, 0.6) is 0 Å². The van der Waals surface area contributed by atoms with Gasteiger partial charge in [0.1, 0.15) is 6.04 Å². The highest BCUT2D eigenvalue weighted by Crippen LogP contribution is 2.16. The predicted octanol–water partition coefficient (Wildman–Crippen LogP) is -0.152. The Morgan fingerprint density at radius 3 is 3.00 bits per heavy atom. The van der Waals surface area contributed by atoms with Crippen LogP contribution in [0.25, 0.3) is 0 Å². The second-order valence-electron chi connectivity index (χ2n) is 3.11. The van der Waals surface area contributed by atoms with Crippen molar-refractivity contribution in [1.82, 2.24) is 4.90 Å². The van der Waals surface area contributed by atoms with Gasteiger partial charge in [-0.3, -0.25) is 4.79 Å². The van der Waals surface area contributed by atoms with Crippen molar-refractivity contribution < 1.29 is 4.79 Å². The number of carbonyl (C=O) groups is 1. The summed E-state index contributed by atoms with van der Waals surface area (Å²) in [5.74, 6) is -0.112. The van der Waals surface area contributed by atoms with E-state index in [1.54, 1.807) is 11.8 Å². The van der Waals surface area contributed by atoms with Gasteiger partial charge in [-0.05, 0) is 19.8 Å². The maximum atomic E-state index is 11.4. The van der Waals surface area contributed by atoms with E-state index in [4.69, 9.17) is 11.0 Å². The van der Waals surface area contributed by atoms with Crippen LogP contribution in [0, 0.1) is 11.3 Å². The minimum absolute atomic E-state index is 0.112. The Kier molecular flexibility index (Phi) is 2.66. The van der Waals surface area contributed by atoms with Gasteiger partial charge in [0.15, 0.2) is 0 Å². The van der Waals surface area contributed by atoms with E-state index in [9.17, 15) is 4.79 Å². The normalized spacial score (nSPS) is 25.1. The summed E-state index contributed by atoms with van der Waals surface area (Å²) in [6.07, 6.45) is 1.70. The smallest absolute Gasteiger partial charge is 0.240 e. The molecule has 0 radical (unpaired) electrons. The van der Waals surface area contributed by atoms with E-state index >= 15 is 0 Å². The van der Waals surface area contributed by atoms with E-state index < -0.39 is 6.04 Å². The summed E-state index contributed by atoms with van der Waals surface area (Å²) in [4.78, 5) is 12.9. The molecule has 4 nitrogen and oxygen atoms in total. The van der Waals surface area contributed by atoms with Crippen LogP contribution in [0.15, 0.2) is 0 Å². The number of amides is 1. The van der Waals surface area contributed by atoms with Crippen LogP contribution < -0.4 is 5.73 Å². The second-order valence-corrected chi connectivity index (χ2v) is 3.11. The monoisotopic (exact) mass is 167 g/mol. The fraction of sp³-hybridized carbons (Fsp3) is 0.750. The van der Waals surface area contributed by atoms with E-state index in [0.29, 0.717) is 6.54 Å². The molecule has 66 valence electrons. The molecular formula is C8H13N3O. The number of nitrogens with two attached hydrogens (primary N) is 1. The van der Waals surface area contributed by atoms with Gasteiger partial charge in [0.2, 0.25) is 5.91 Å². The van der Waals surface area contributed by atoms with Crippen molar-refractivity contribution in [2.45, 2.75) is 31.8 Å². The summed E-state index contributed by atoms with van der Waals surface area (Å²) in [6.45, 7) is 2.33. The number of rotatable bonds is 1. The highest BCUT2D eigenvalue weighted by molar-refractivity contribution is 5.82. The topological polar surface area (TPSA) is 70.1 Å². The van der Waals surface area contributed by atoms with Crippen molar-refractivity contribution in [1.29, 1.82) is 5.26 Å². The van der Waals surface area contributed by atoms with E-state index in [2.05, 4.69) is 6.07 Å². The Hall–Kier alpha value is -1.08. The summed E-state index contributed by atoms with van der Waals surface area (Å²) < 4.78 is 0. The van der Waals surface area contributed by atoms with Gasteiger partial charge in [-0.2, -0.15) is 5.26 Å². The van der Waals surface area contributed by atoms with Gasteiger partial charge < -0.3 is 10.6 Å². The highest BCUT2D eigenvalue weighted by Gasteiger charge is 2.29. The molecule has 1 rings (SSSR count). The van der Waals surface area contributed by atoms with Crippen LogP contribution in [0.1, 0.15) is 19.8 Å². The van der Waals surface area contributed by atoms with Crippen LogP contribution >= 0.6 is 0 Å².